The number of methoxy groups -OCH3 is 6. The van der Waals surface area contributed by atoms with E-state index in [-0.39, 0.29) is 48.0 Å². The predicted molar refractivity (Wildman–Crippen MR) is 142 cm³/mol. The van der Waals surface area contributed by atoms with E-state index in [0.717, 1.165) is 52.2 Å². The first-order valence-electron chi connectivity index (χ1n) is 12.1. The highest BCUT2D eigenvalue weighted by Crippen LogP contribution is 2.45. The molecule has 0 radical (unpaired) electrons. The fourth-order valence-electron chi connectivity index (χ4n) is 5.15. The molecule has 2 heterocycles. The van der Waals surface area contributed by atoms with Gasteiger partial charge in [-0.3, -0.25) is 0 Å². The summed E-state index contributed by atoms with van der Waals surface area (Å²) in [6.45, 7) is 0. The van der Waals surface area contributed by atoms with Crippen LogP contribution in [0.2, 0.25) is 0 Å². The normalized spacial score (nSPS) is 10.5. The monoisotopic (exact) mass is 762 g/mol. The van der Waals surface area contributed by atoms with Crippen molar-refractivity contribution in [2.45, 2.75) is 19.3 Å². The molecular weight excluding hydrogens is 726 g/mol. The van der Waals surface area contributed by atoms with E-state index in [1.165, 1.54) is 0 Å². The summed E-state index contributed by atoms with van der Waals surface area (Å²) in [5, 5.41) is 4.13. The van der Waals surface area contributed by atoms with Crippen LogP contribution in [-0.4, -0.2) is 42.7 Å². The van der Waals surface area contributed by atoms with Gasteiger partial charge in [-0.25, -0.2) is 9.13 Å². The number of fused-ring (bicyclic) bond motifs is 2. The van der Waals surface area contributed by atoms with Crippen molar-refractivity contribution in [3.8, 4) is 34.5 Å². The zero-order chi connectivity index (χ0) is 26.7. The van der Waals surface area contributed by atoms with Gasteiger partial charge in [-0.05, 0) is 18.6 Å². The van der Waals surface area contributed by atoms with E-state index in [4.69, 9.17) is 28.4 Å². The van der Waals surface area contributed by atoms with Crippen molar-refractivity contribution < 1.29 is 85.5 Å². The number of aromatic nitrogens is 2. The molecule has 10 heteroatoms. The molecule has 0 N–H and O–H groups in total. The molecule has 39 heavy (non-hydrogen) atoms. The van der Waals surface area contributed by atoms with Crippen molar-refractivity contribution in [1.29, 1.82) is 0 Å². The van der Waals surface area contributed by atoms with Gasteiger partial charge in [0.15, 0.2) is 46.8 Å². The number of hydrogen-bond acceptors (Lipinski definition) is 6. The Bertz CT molecular complexity index is 1350. The Labute approximate surface area is 264 Å². The largest absolute Gasteiger partial charge is 1.00 e. The summed E-state index contributed by atoms with van der Waals surface area (Å²) in [6, 6.07) is 8.13. The molecule has 0 amide bonds. The molecule has 0 aliphatic heterocycles. The maximum absolute atomic E-state index is 5.84. The lowest BCUT2D eigenvalue weighted by Gasteiger charge is -2.16. The second kappa shape index (κ2) is 14.2. The third-order valence-corrected chi connectivity index (χ3v) is 6.93. The highest BCUT2D eigenvalue weighted by molar-refractivity contribution is 5.95. The van der Waals surface area contributed by atoms with Crippen LogP contribution in [0.3, 0.4) is 0 Å². The molecule has 0 atom stereocenters. The molecule has 4 aromatic rings. The van der Waals surface area contributed by atoms with Crippen molar-refractivity contribution in [2.24, 2.45) is 14.1 Å². The quantitative estimate of drug-likeness (QED) is 0.136. The van der Waals surface area contributed by atoms with Crippen molar-refractivity contribution >= 4 is 21.5 Å². The molecule has 0 fully saturated rings. The lowest BCUT2D eigenvalue weighted by Crippen LogP contribution is -3.00. The molecule has 0 aliphatic rings. The first kappa shape index (κ1) is 32.7. The van der Waals surface area contributed by atoms with Crippen LogP contribution in [0, 0.1) is 0 Å². The van der Waals surface area contributed by atoms with Gasteiger partial charge in [-0.1, -0.05) is 0 Å². The highest BCUT2D eigenvalue weighted by Gasteiger charge is 2.26. The molecule has 0 bridgehead atoms. The molecule has 0 aliphatic carbocycles. The maximum atomic E-state index is 5.84. The van der Waals surface area contributed by atoms with Gasteiger partial charge in [-0.2, -0.15) is 0 Å². The average molecular weight is 762 g/mol. The average Bonchev–Trinajstić information content (AvgIpc) is 2.92. The van der Waals surface area contributed by atoms with Crippen LogP contribution < -0.4 is 85.5 Å². The summed E-state index contributed by atoms with van der Waals surface area (Å²) in [7, 11) is 14.0. The van der Waals surface area contributed by atoms with Gasteiger partial charge in [-0.15, -0.1) is 0 Å². The Morgan fingerprint density at radius 2 is 0.897 bits per heavy atom. The third-order valence-electron chi connectivity index (χ3n) is 6.93. The summed E-state index contributed by atoms with van der Waals surface area (Å²) in [4.78, 5) is 0. The van der Waals surface area contributed by atoms with Crippen molar-refractivity contribution in [3.63, 3.8) is 0 Å². The fourth-order valence-corrected chi connectivity index (χ4v) is 5.15. The first-order chi connectivity index (χ1) is 17.9. The lowest BCUT2D eigenvalue weighted by molar-refractivity contribution is -0.679. The zero-order valence-electron chi connectivity index (χ0n) is 23.7. The van der Waals surface area contributed by atoms with Crippen LogP contribution in [0.15, 0.2) is 36.7 Å². The highest BCUT2D eigenvalue weighted by atomic mass is 127. The van der Waals surface area contributed by atoms with Crippen LogP contribution in [0.4, 0.5) is 0 Å². The van der Waals surface area contributed by atoms with Crippen LogP contribution in [0.25, 0.3) is 21.5 Å². The van der Waals surface area contributed by atoms with Crippen LogP contribution in [-0.2, 0) is 26.9 Å². The van der Waals surface area contributed by atoms with E-state index in [0.29, 0.717) is 34.5 Å². The Morgan fingerprint density at radius 1 is 0.538 bits per heavy atom. The lowest BCUT2D eigenvalue weighted by atomic mass is 10.00. The number of aryl methyl sites for hydroxylation is 4. The molecule has 0 unspecified atom stereocenters. The summed E-state index contributed by atoms with van der Waals surface area (Å²) >= 11 is 0. The number of pyridine rings is 2. The van der Waals surface area contributed by atoms with Crippen molar-refractivity contribution in [1.82, 2.24) is 0 Å². The van der Waals surface area contributed by atoms with Gasteiger partial charge >= 0.3 is 0 Å². The maximum Gasteiger partial charge on any atom is 0.204 e. The molecule has 0 saturated carbocycles. The number of benzene rings is 2. The van der Waals surface area contributed by atoms with E-state index in [1.807, 2.05) is 12.1 Å². The number of hydrogen-bond donors (Lipinski definition) is 0. The molecule has 0 spiro atoms. The molecular formula is C29H36I2N2O6. The molecule has 0 saturated heterocycles. The van der Waals surface area contributed by atoms with Gasteiger partial charge in [0.25, 0.3) is 0 Å². The second-order valence-corrected chi connectivity index (χ2v) is 8.82. The summed E-state index contributed by atoms with van der Waals surface area (Å²) < 4.78 is 38.4. The van der Waals surface area contributed by atoms with E-state index < -0.39 is 0 Å². The molecule has 4 rings (SSSR count). The minimum atomic E-state index is 0. The standard InChI is InChI=1S/C29H36N2O6.2HI/c1-30-14-12-18-16-22(32-3)26(34-5)28(36-7)24(18)20(30)10-9-11-21-25-19(13-15-31(21)2)17-23(33-4)27(35-6)29(25)37-8;;/h12-17H,9-11H2,1-8H3;2*1H/q+2;;/p-2. The van der Waals surface area contributed by atoms with Crippen LogP contribution in [0.5, 0.6) is 34.5 Å². The second-order valence-electron chi connectivity index (χ2n) is 8.82. The Hall–Kier alpha value is -2.48. The Kier molecular flexibility index (Phi) is 12.0. The topological polar surface area (TPSA) is 63.1 Å². The van der Waals surface area contributed by atoms with Gasteiger partial charge < -0.3 is 76.4 Å². The van der Waals surface area contributed by atoms with E-state index in [1.54, 1.807) is 42.7 Å². The minimum absolute atomic E-state index is 0. The van der Waals surface area contributed by atoms with Crippen LogP contribution >= 0.6 is 0 Å². The first-order valence-corrected chi connectivity index (χ1v) is 12.1. The number of nitrogens with zero attached hydrogens (tertiary/aromatic N) is 2. The van der Waals surface area contributed by atoms with E-state index in [2.05, 4.69) is 47.8 Å². The van der Waals surface area contributed by atoms with Crippen LogP contribution in [0.1, 0.15) is 17.8 Å². The van der Waals surface area contributed by atoms with Gasteiger partial charge in [0.05, 0.1) is 53.4 Å². The van der Waals surface area contributed by atoms with Gasteiger partial charge in [0.2, 0.25) is 11.5 Å². The summed E-state index contributed by atoms with van der Waals surface area (Å²) in [5.41, 5.74) is 2.31. The Balaban J connectivity index is 0.00000267. The SMILES string of the molecule is COc1cc2cc[n+](C)c(CCCc3c4c(OC)c(OC)c(OC)cc4cc[n+]3C)c2c(OC)c1OC.[I-].[I-]. The smallest absolute Gasteiger partial charge is 0.204 e. The van der Waals surface area contributed by atoms with Crippen molar-refractivity contribution in [2.75, 3.05) is 42.7 Å². The van der Waals surface area contributed by atoms with Gasteiger partial charge in [0, 0.05) is 35.7 Å². The molecule has 8 nitrogen and oxygen atoms in total. The summed E-state index contributed by atoms with van der Waals surface area (Å²) in [5.74, 6) is 3.83. The predicted octanol–water partition coefficient (Wildman–Crippen LogP) is -2.12. The van der Waals surface area contributed by atoms with Crippen molar-refractivity contribution in [3.05, 3.63) is 48.0 Å². The fraction of sp³-hybridized carbons (Fsp3) is 0.379. The molecule has 212 valence electrons. The van der Waals surface area contributed by atoms with Gasteiger partial charge in [0.1, 0.15) is 14.1 Å². The van der Waals surface area contributed by atoms with E-state index >= 15 is 0 Å². The third kappa shape index (κ3) is 6.01. The van der Waals surface area contributed by atoms with E-state index in [9.17, 15) is 0 Å². The summed E-state index contributed by atoms with van der Waals surface area (Å²) in [6.07, 6.45) is 6.69. The minimum Gasteiger partial charge on any atom is -1.00 e. The number of ether oxygens (including phenoxy) is 6. The zero-order valence-corrected chi connectivity index (χ0v) is 28.0. The Morgan fingerprint density at radius 3 is 1.21 bits per heavy atom. The molecule has 2 aromatic carbocycles. The number of rotatable bonds is 10. The molecule has 2 aromatic heterocycles. The number of halogens is 2.